The van der Waals surface area contributed by atoms with E-state index in [4.69, 9.17) is 0 Å². The molecule has 0 bridgehead atoms. The molecule has 0 atom stereocenters. The minimum Gasteiger partial charge on any atom is -0.343 e. The molecule has 1 aliphatic rings. The predicted molar refractivity (Wildman–Crippen MR) is 81.7 cm³/mol. The maximum Gasteiger partial charge on any atom is 0.0483 e. The second-order valence-electron chi connectivity index (χ2n) is 5.30. The van der Waals surface area contributed by atoms with Gasteiger partial charge in [-0.2, -0.15) is 0 Å². The van der Waals surface area contributed by atoms with Crippen molar-refractivity contribution in [1.82, 2.24) is 14.9 Å². The van der Waals surface area contributed by atoms with Gasteiger partial charge in [0.15, 0.2) is 0 Å². The lowest BCUT2D eigenvalue weighted by atomic mass is 10.1. The molecular weight excluding hydrogens is 246 g/mol. The van der Waals surface area contributed by atoms with Crippen molar-refractivity contribution in [3.8, 4) is 11.1 Å². The average Bonchev–Trinajstić information content (AvgIpc) is 2.68. The molecule has 4 rings (SSSR count). The lowest BCUT2D eigenvalue weighted by Gasteiger charge is -2.06. The largest absolute Gasteiger partial charge is 0.343 e. The molecule has 0 fully saturated rings. The number of aromatic nitrogens is 2. The molecule has 100 valence electrons. The van der Waals surface area contributed by atoms with Crippen molar-refractivity contribution in [1.29, 1.82) is 0 Å². The highest BCUT2D eigenvalue weighted by Crippen LogP contribution is 2.27. The fourth-order valence-corrected chi connectivity index (χ4v) is 3.06. The van der Waals surface area contributed by atoms with Crippen LogP contribution >= 0.6 is 0 Å². The number of hydrogen-bond acceptors (Lipinski definition) is 2. The first-order valence-electron chi connectivity index (χ1n) is 7.15. The molecule has 0 radical (unpaired) electrons. The molecular formula is C17H17N3. The lowest BCUT2D eigenvalue weighted by molar-refractivity contribution is 0.658. The van der Waals surface area contributed by atoms with E-state index in [9.17, 15) is 0 Å². The standard InChI is InChI=1S/C17H17N3/c1-2-17-15(11-14(1)13-3-6-18-7-4-13)12-16-5-8-19-9-10-20(16)17/h1-4,6-7,11-12,19H,5,8-10H2. The van der Waals surface area contributed by atoms with Crippen molar-refractivity contribution in [3.05, 3.63) is 54.5 Å². The molecule has 1 aromatic carbocycles. The van der Waals surface area contributed by atoms with E-state index in [1.165, 1.54) is 27.7 Å². The van der Waals surface area contributed by atoms with Gasteiger partial charge >= 0.3 is 0 Å². The van der Waals surface area contributed by atoms with E-state index >= 15 is 0 Å². The second-order valence-corrected chi connectivity index (χ2v) is 5.30. The first-order chi connectivity index (χ1) is 9.92. The van der Waals surface area contributed by atoms with Crippen LogP contribution in [-0.4, -0.2) is 22.6 Å². The maximum atomic E-state index is 4.09. The van der Waals surface area contributed by atoms with Gasteiger partial charge in [-0.1, -0.05) is 6.07 Å². The van der Waals surface area contributed by atoms with Crippen LogP contribution in [0.5, 0.6) is 0 Å². The summed E-state index contributed by atoms with van der Waals surface area (Å²) in [5, 5.41) is 4.80. The van der Waals surface area contributed by atoms with Crippen LogP contribution in [-0.2, 0) is 13.0 Å². The van der Waals surface area contributed by atoms with Crippen molar-refractivity contribution in [3.63, 3.8) is 0 Å². The molecule has 3 aromatic rings. The van der Waals surface area contributed by atoms with Gasteiger partial charge < -0.3 is 9.88 Å². The van der Waals surface area contributed by atoms with Crippen molar-refractivity contribution in [2.75, 3.05) is 13.1 Å². The normalized spacial score (nSPS) is 15.0. The summed E-state index contributed by atoms with van der Waals surface area (Å²) in [7, 11) is 0. The summed E-state index contributed by atoms with van der Waals surface area (Å²) >= 11 is 0. The van der Waals surface area contributed by atoms with E-state index in [-0.39, 0.29) is 0 Å². The van der Waals surface area contributed by atoms with Gasteiger partial charge in [-0.3, -0.25) is 4.98 Å². The number of pyridine rings is 1. The van der Waals surface area contributed by atoms with Gasteiger partial charge in [0, 0.05) is 55.0 Å². The van der Waals surface area contributed by atoms with E-state index < -0.39 is 0 Å². The molecule has 0 saturated heterocycles. The van der Waals surface area contributed by atoms with Crippen LogP contribution in [0.4, 0.5) is 0 Å². The first kappa shape index (κ1) is 11.7. The number of fused-ring (bicyclic) bond motifs is 3. The summed E-state index contributed by atoms with van der Waals surface area (Å²) in [4.78, 5) is 4.09. The molecule has 20 heavy (non-hydrogen) atoms. The lowest BCUT2D eigenvalue weighted by Crippen LogP contribution is -2.17. The van der Waals surface area contributed by atoms with E-state index in [0.717, 1.165) is 26.1 Å². The smallest absolute Gasteiger partial charge is 0.0483 e. The van der Waals surface area contributed by atoms with Crippen LogP contribution in [0.2, 0.25) is 0 Å². The Morgan fingerprint density at radius 2 is 1.85 bits per heavy atom. The second kappa shape index (κ2) is 4.76. The molecule has 0 amide bonds. The van der Waals surface area contributed by atoms with Crippen LogP contribution in [0.25, 0.3) is 22.0 Å². The van der Waals surface area contributed by atoms with Gasteiger partial charge in [0.2, 0.25) is 0 Å². The van der Waals surface area contributed by atoms with Gasteiger partial charge in [0.25, 0.3) is 0 Å². The number of rotatable bonds is 1. The highest BCUT2D eigenvalue weighted by Gasteiger charge is 2.11. The molecule has 0 aliphatic carbocycles. The van der Waals surface area contributed by atoms with Crippen LogP contribution in [0.15, 0.2) is 48.8 Å². The van der Waals surface area contributed by atoms with E-state index in [1.54, 1.807) is 0 Å². The highest BCUT2D eigenvalue weighted by molar-refractivity contribution is 5.86. The van der Waals surface area contributed by atoms with Crippen molar-refractivity contribution in [2.24, 2.45) is 0 Å². The van der Waals surface area contributed by atoms with Gasteiger partial charge in [-0.25, -0.2) is 0 Å². The molecule has 1 N–H and O–H groups in total. The van der Waals surface area contributed by atoms with Crippen LogP contribution < -0.4 is 5.32 Å². The molecule has 0 spiro atoms. The van der Waals surface area contributed by atoms with Crippen LogP contribution in [0.1, 0.15) is 5.69 Å². The fourth-order valence-electron chi connectivity index (χ4n) is 3.06. The Morgan fingerprint density at radius 1 is 0.950 bits per heavy atom. The number of benzene rings is 1. The Balaban J connectivity index is 1.85. The number of nitrogens with zero attached hydrogens (tertiary/aromatic N) is 2. The van der Waals surface area contributed by atoms with Gasteiger partial charge in [0.05, 0.1) is 0 Å². The molecule has 0 saturated carbocycles. The zero-order valence-electron chi connectivity index (χ0n) is 11.3. The number of hydrogen-bond donors (Lipinski definition) is 1. The van der Waals surface area contributed by atoms with E-state index in [0.29, 0.717) is 0 Å². The van der Waals surface area contributed by atoms with Crippen molar-refractivity contribution < 1.29 is 0 Å². The Bertz CT molecular complexity index is 744. The summed E-state index contributed by atoms with van der Waals surface area (Å²) in [5.41, 5.74) is 5.28. The minimum atomic E-state index is 1.06. The Labute approximate surface area is 118 Å². The molecule has 3 nitrogen and oxygen atoms in total. The van der Waals surface area contributed by atoms with Gasteiger partial charge in [-0.05, 0) is 41.5 Å². The topological polar surface area (TPSA) is 29.9 Å². The van der Waals surface area contributed by atoms with Gasteiger partial charge in [0.1, 0.15) is 0 Å². The van der Waals surface area contributed by atoms with Crippen LogP contribution in [0, 0.1) is 0 Å². The Morgan fingerprint density at radius 3 is 2.75 bits per heavy atom. The third-order valence-corrected chi connectivity index (χ3v) is 4.07. The summed E-state index contributed by atoms with van der Waals surface area (Å²) < 4.78 is 2.45. The quantitative estimate of drug-likeness (QED) is 0.731. The van der Waals surface area contributed by atoms with Gasteiger partial charge in [-0.15, -0.1) is 0 Å². The maximum absolute atomic E-state index is 4.09. The Kier molecular flexibility index (Phi) is 2.78. The number of nitrogens with one attached hydrogen (secondary N) is 1. The SMILES string of the molecule is c1cc(-c2ccc3c(c2)cc2n3CCNCC2)ccn1. The minimum absolute atomic E-state index is 1.06. The summed E-state index contributed by atoms with van der Waals surface area (Å²) in [6.45, 7) is 3.20. The highest BCUT2D eigenvalue weighted by atomic mass is 15.0. The Hall–Kier alpha value is -2.13. The molecule has 0 unspecified atom stereocenters. The predicted octanol–water partition coefficient (Wildman–Crippen LogP) is 2.85. The first-order valence-corrected chi connectivity index (χ1v) is 7.15. The van der Waals surface area contributed by atoms with Crippen LogP contribution in [0.3, 0.4) is 0 Å². The third kappa shape index (κ3) is 1.91. The van der Waals surface area contributed by atoms with Crippen molar-refractivity contribution in [2.45, 2.75) is 13.0 Å². The summed E-state index contributed by atoms with van der Waals surface area (Å²) in [6, 6.07) is 13.2. The zero-order valence-corrected chi connectivity index (χ0v) is 11.3. The molecule has 1 aliphatic heterocycles. The zero-order chi connectivity index (χ0) is 13.4. The fraction of sp³-hybridized carbons (Fsp3) is 0.235. The molecule has 3 heteroatoms. The summed E-state index contributed by atoms with van der Waals surface area (Å²) in [5.74, 6) is 0. The van der Waals surface area contributed by atoms with E-state index in [2.05, 4.69) is 51.3 Å². The monoisotopic (exact) mass is 263 g/mol. The molecule has 2 aromatic heterocycles. The summed E-state index contributed by atoms with van der Waals surface area (Å²) in [6.07, 6.45) is 4.81. The average molecular weight is 263 g/mol. The third-order valence-electron chi connectivity index (χ3n) is 4.07. The van der Waals surface area contributed by atoms with Crippen molar-refractivity contribution >= 4 is 10.9 Å². The molecule has 3 heterocycles. The van der Waals surface area contributed by atoms with E-state index in [1.807, 2.05) is 12.4 Å².